The first-order valence-corrected chi connectivity index (χ1v) is 6.51. The standard InChI is InChI=1S/C16H11ClN2O/c1-19-14-8-7-12(17)9-13(14)15(16(19)18-10-20)11-5-3-2-4-6-11/h2-9H,1H3. The lowest BCUT2D eigenvalue weighted by Crippen LogP contribution is -1.85. The largest absolute Gasteiger partial charge is 0.328 e. The maximum atomic E-state index is 10.7. The SMILES string of the molecule is Cn1c(N=C=O)c(-c2ccccc2)c2cc(Cl)ccc21. The summed E-state index contributed by atoms with van der Waals surface area (Å²) in [5.41, 5.74) is 2.87. The Labute approximate surface area is 121 Å². The van der Waals surface area contributed by atoms with Crippen molar-refractivity contribution in [2.75, 3.05) is 0 Å². The maximum absolute atomic E-state index is 10.7. The molecule has 4 heteroatoms. The number of fused-ring (bicyclic) bond motifs is 1. The normalized spacial score (nSPS) is 10.5. The highest BCUT2D eigenvalue weighted by Crippen LogP contribution is 2.40. The molecule has 0 bridgehead atoms. The third kappa shape index (κ3) is 1.94. The summed E-state index contributed by atoms with van der Waals surface area (Å²) >= 11 is 6.10. The fraction of sp³-hybridized carbons (Fsp3) is 0.0625. The molecule has 1 heterocycles. The van der Waals surface area contributed by atoms with Crippen LogP contribution in [0.1, 0.15) is 0 Å². The van der Waals surface area contributed by atoms with Gasteiger partial charge >= 0.3 is 0 Å². The first-order chi connectivity index (χ1) is 9.72. The Morgan fingerprint density at radius 2 is 1.90 bits per heavy atom. The number of halogens is 1. The molecule has 2 aromatic carbocycles. The molecule has 1 aromatic heterocycles. The van der Waals surface area contributed by atoms with E-state index in [4.69, 9.17) is 11.6 Å². The molecule has 0 saturated heterocycles. The second-order valence-corrected chi connectivity index (χ2v) is 4.92. The van der Waals surface area contributed by atoms with Crippen LogP contribution in [0.3, 0.4) is 0 Å². The summed E-state index contributed by atoms with van der Waals surface area (Å²) in [6.07, 6.45) is 1.63. The maximum Gasteiger partial charge on any atom is 0.242 e. The first-order valence-electron chi connectivity index (χ1n) is 6.13. The van der Waals surface area contributed by atoms with E-state index in [0.29, 0.717) is 10.8 Å². The van der Waals surface area contributed by atoms with E-state index in [1.807, 2.05) is 60.1 Å². The van der Waals surface area contributed by atoms with Gasteiger partial charge in [-0.2, -0.15) is 0 Å². The Balaban J connectivity index is 2.47. The molecule has 0 aliphatic rings. The van der Waals surface area contributed by atoms with Gasteiger partial charge in [0, 0.05) is 23.0 Å². The second kappa shape index (κ2) is 4.97. The van der Waals surface area contributed by atoms with Crippen LogP contribution in [-0.4, -0.2) is 10.6 Å². The van der Waals surface area contributed by atoms with Crippen LogP contribution in [0.4, 0.5) is 5.82 Å². The van der Waals surface area contributed by atoms with E-state index in [-0.39, 0.29) is 0 Å². The van der Waals surface area contributed by atoms with Gasteiger partial charge in [0.2, 0.25) is 6.08 Å². The van der Waals surface area contributed by atoms with Gasteiger partial charge in [0.1, 0.15) is 0 Å². The monoisotopic (exact) mass is 282 g/mol. The summed E-state index contributed by atoms with van der Waals surface area (Å²) in [5, 5.41) is 1.63. The molecule has 0 amide bonds. The van der Waals surface area contributed by atoms with Gasteiger partial charge in [-0.25, -0.2) is 4.79 Å². The molecular weight excluding hydrogens is 272 g/mol. The molecule has 3 nitrogen and oxygen atoms in total. The molecule has 0 aliphatic heterocycles. The Kier molecular flexibility index (Phi) is 3.15. The Bertz CT molecular complexity index is 831. The number of aliphatic imine (C=N–C) groups is 1. The number of aryl methyl sites for hydroxylation is 1. The van der Waals surface area contributed by atoms with E-state index in [1.54, 1.807) is 6.08 Å². The van der Waals surface area contributed by atoms with Crippen LogP contribution in [0, 0.1) is 0 Å². The predicted molar refractivity (Wildman–Crippen MR) is 81.1 cm³/mol. The highest BCUT2D eigenvalue weighted by molar-refractivity contribution is 6.31. The van der Waals surface area contributed by atoms with E-state index in [9.17, 15) is 4.79 Å². The van der Waals surface area contributed by atoms with Gasteiger partial charge in [-0.1, -0.05) is 41.9 Å². The molecule has 0 atom stereocenters. The van der Waals surface area contributed by atoms with E-state index < -0.39 is 0 Å². The van der Waals surface area contributed by atoms with Gasteiger partial charge in [0.25, 0.3) is 0 Å². The molecule has 0 saturated carbocycles. The molecule has 0 radical (unpaired) electrons. The molecule has 3 aromatic rings. The van der Waals surface area contributed by atoms with E-state index in [1.165, 1.54) is 0 Å². The Morgan fingerprint density at radius 1 is 1.15 bits per heavy atom. The Morgan fingerprint density at radius 3 is 2.60 bits per heavy atom. The number of hydrogen-bond donors (Lipinski definition) is 0. The third-order valence-electron chi connectivity index (χ3n) is 3.34. The van der Waals surface area contributed by atoms with Gasteiger partial charge in [0.05, 0.1) is 5.52 Å². The summed E-state index contributed by atoms with van der Waals surface area (Å²) in [6, 6.07) is 15.5. The number of hydrogen-bond acceptors (Lipinski definition) is 2. The molecule has 0 N–H and O–H groups in total. The summed E-state index contributed by atoms with van der Waals surface area (Å²) in [5.74, 6) is 0.587. The number of benzene rings is 2. The molecule has 20 heavy (non-hydrogen) atoms. The molecule has 0 aliphatic carbocycles. The minimum Gasteiger partial charge on any atom is -0.328 e. The fourth-order valence-corrected chi connectivity index (χ4v) is 2.64. The van der Waals surface area contributed by atoms with Crippen LogP contribution in [0.15, 0.2) is 53.5 Å². The van der Waals surface area contributed by atoms with Crippen molar-refractivity contribution in [1.82, 2.24) is 4.57 Å². The number of carbonyl (C=O) groups excluding carboxylic acids is 1. The van der Waals surface area contributed by atoms with Crippen LogP contribution in [0.25, 0.3) is 22.0 Å². The molecule has 0 fully saturated rings. The van der Waals surface area contributed by atoms with Gasteiger partial charge in [-0.3, -0.25) is 0 Å². The number of nitrogens with zero attached hydrogens (tertiary/aromatic N) is 2. The topological polar surface area (TPSA) is 34.4 Å². The fourth-order valence-electron chi connectivity index (χ4n) is 2.47. The van der Waals surface area contributed by atoms with Crippen LogP contribution in [0.2, 0.25) is 5.02 Å². The van der Waals surface area contributed by atoms with Crippen LogP contribution in [-0.2, 0) is 11.8 Å². The van der Waals surface area contributed by atoms with Gasteiger partial charge in [0.15, 0.2) is 5.82 Å². The summed E-state index contributed by atoms with van der Waals surface area (Å²) in [6.45, 7) is 0. The molecule has 98 valence electrons. The lowest BCUT2D eigenvalue weighted by atomic mass is 10.0. The van der Waals surface area contributed by atoms with Crippen LogP contribution >= 0.6 is 11.6 Å². The number of isocyanates is 1. The van der Waals surface area contributed by atoms with E-state index >= 15 is 0 Å². The molecule has 0 spiro atoms. The van der Waals surface area contributed by atoms with Crippen molar-refractivity contribution >= 4 is 34.4 Å². The molecule has 0 unspecified atom stereocenters. The van der Waals surface area contributed by atoms with Crippen molar-refractivity contribution in [3.05, 3.63) is 53.6 Å². The second-order valence-electron chi connectivity index (χ2n) is 4.49. The van der Waals surface area contributed by atoms with Crippen molar-refractivity contribution in [3.63, 3.8) is 0 Å². The van der Waals surface area contributed by atoms with Gasteiger partial charge < -0.3 is 4.57 Å². The van der Waals surface area contributed by atoms with Gasteiger partial charge in [-0.15, -0.1) is 4.99 Å². The molecular formula is C16H11ClN2O. The minimum absolute atomic E-state index is 0.587. The zero-order valence-corrected chi connectivity index (χ0v) is 11.6. The highest BCUT2D eigenvalue weighted by atomic mass is 35.5. The summed E-state index contributed by atoms with van der Waals surface area (Å²) in [7, 11) is 1.87. The van der Waals surface area contributed by atoms with Crippen molar-refractivity contribution in [2.45, 2.75) is 0 Å². The van der Waals surface area contributed by atoms with E-state index in [0.717, 1.165) is 22.0 Å². The number of aromatic nitrogens is 1. The average molecular weight is 283 g/mol. The Hall–Kier alpha value is -2.35. The summed E-state index contributed by atoms with van der Waals surface area (Å²) in [4.78, 5) is 14.6. The van der Waals surface area contributed by atoms with Gasteiger partial charge in [-0.05, 0) is 23.8 Å². The van der Waals surface area contributed by atoms with Crippen molar-refractivity contribution in [1.29, 1.82) is 0 Å². The quantitative estimate of drug-likeness (QED) is 0.504. The molecule has 3 rings (SSSR count). The van der Waals surface area contributed by atoms with Crippen LogP contribution in [0.5, 0.6) is 0 Å². The van der Waals surface area contributed by atoms with Crippen LogP contribution < -0.4 is 0 Å². The lowest BCUT2D eigenvalue weighted by Gasteiger charge is -2.01. The minimum atomic E-state index is 0.587. The summed E-state index contributed by atoms with van der Waals surface area (Å²) < 4.78 is 1.87. The average Bonchev–Trinajstić information content (AvgIpc) is 2.73. The predicted octanol–water partition coefficient (Wildman–Crippen LogP) is 4.47. The third-order valence-corrected chi connectivity index (χ3v) is 3.58. The van der Waals surface area contributed by atoms with Crippen molar-refractivity contribution in [2.24, 2.45) is 12.0 Å². The zero-order chi connectivity index (χ0) is 14.1. The first kappa shape index (κ1) is 12.7. The highest BCUT2D eigenvalue weighted by Gasteiger charge is 2.16. The van der Waals surface area contributed by atoms with E-state index in [2.05, 4.69) is 4.99 Å². The zero-order valence-electron chi connectivity index (χ0n) is 10.8. The van der Waals surface area contributed by atoms with Crippen molar-refractivity contribution in [3.8, 4) is 11.1 Å². The lowest BCUT2D eigenvalue weighted by molar-refractivity contribution is 0.565. The number of rotatable bonds is 2. The smallest absolute Gasteiger partial charge is 0.242 e. The van der Waals surface area contributed by atoms with Crippen molar-refractivity contribution < 1.29 is 4.79 Å².